The molecular formula is C7H3Br2ClN2. The smallest absolute Gasteiger partial charge is 0.140 e. The van der Waals surface area contributed by atoms with E-state index in [1.54, 1.807) is 0 Å². The van der Waals surface area contributed by atoms with Crippen molar-refractivity contribution in [1.82, 2.24) is 9.38 Å². The molecule has 0 amide bonds. The summed E-state index contributed by atoms with van der Waals surface area (Å²) in [6.07, 6.45) is 0. The van der Waals surface area contributed by atoms with Crippen molar-refractivity contribution in [1.29, 1.82) is 0 Å². The fourth-order valence-corrected chi connectivity index (χ4v) is 2.16. The fourth-order valence-electron chi connectivity index (χ4n) is 0.993. The minimum Gasteiger partial charge on any atom is -0.276 e. The second-order valence-electron chi connectivity index (χ2n) is 2.24. The Kier molecular flexibility index (Phi) is 2.14. The van der Waals surface area contributed by atoms with Crippen LogP contribution in [0.15, 0.2) is 27.4 Å². The van der Waals surface area contributed by atoms with Gasteiger partial charge in [0.1, 0.15) is 20.0 Å². The first kappa shape index (κ1) is 8.53. The molecule has 2 aromatic heterocycles. The number of rotatable bonds is 0. The summed E-state index contributed by atoms with van der Waals surface area (Å²) in [5.41, 5.74) is 0.821. The van der Waals surface area contributed by atoms with E-state index in [0.29, 0.717) is 5.15 Å². The van der Waals surface area contributed by atoms with Crippen LogP contribution >= 0.6 is 43.5 Å². The van der Waals surface area contributed by atoms with Crippen molar-refractivity contribution >= 4 is 49.1 Å². The lowest BCUT2D eigenvalue weighted by Crippen LogP contribution is -1.84. The molecule has 0 aromatic carbocycles. The quantitative estimate of drug-likeness (QED) is 0.681. The Balaban J connectivity index is 2.97. The van der Waals surface area contributed by atoms with Gasteiger partial charge in [0.2, 0.25) is 0 Å². The van der Waals surface area contributed by atoms with Crippen molar-refractivity contribution in [3.8, 4) is 0 Å². The summed E-state index contributed by atoms with van der Waals surface area (Å²) in [7, 11) is 0. The van der Waals surface area contributed by atoms with E-state index in [9.17, 15) is 0 Å². The molecule has 0 aliphatic heterocycles. The lowest BCUT2D eigenvalue weighted by molar-refractivity contribution is 1.15. The van der Waals surface area contributed by atoms with Crippen molar-refractivity contribution in [2.45, 2.75) is 0 Å². The van der Waals surface area contributed by atoms with Gasteiger partial charge in [-0.2, -0.15) is 0 Å². The van der Waals surface area contributed by atoms with Gasteiger partial charge in [0.15, 0.2) is 0 Å². The molecule has 2 rings (SSSR count). The molecule has 62 valence electrons. The highest BCUT2D eigenvalue weighted by Gasteiger charge is 2.08. The van der Waals surface area contributed by atoms with Crippen molar-refractivity contribution < 1.29 is 0 Å². The molecule has 0 fully saturated rings. The summed E-state index contributed by atoms with van der Waals surface area (Å²) in [4.78, 5) is 4.22. The topological polar surface area (TPSA) is 17.3 Å². The molecule has 12 heavy (non-hydrogen) atoms. The van der Waals surface area contributed by atoms with Crippen LogP contribution in [0.1, 0.15) is 0 Å². The second kappa shape index (κ2) is 3.01. The summed E-state index contributed by atoms with van der Waals surface area (Å²) in [5.74, 6) is 0. The number of pyridine rings is 1. The molecule has 2 heterocycles. The van der Waals surface area contributed by atoms with E-state index >= 15 is 0 Å². The average Bonchev–Trinajstić information content (AvgIpc) is 2.29. The highest BCUT2D eigenvalue weighted by atomic mass is 79.9. The summed E-state index contributed by atoms with van der Waals surface area (Å²) >= 11 is 12.6. The zero-order chi connectivity index (χ0) is 8.72. The zero-order valence-electron chi connectivity index (χ0n) is 5.76. The number of fused-ring (bicyclic) bond motifs is 1. The van der Waals surface area contributed by atoms with Crippen molar-refractivity contribution in [3.05, 3.63) is 32.6 Å². The molecule has 0 saturated carbocycles. The number of nitrogens with zero attached hydrogens (tertiary/aromatic N) is 2. The van der Waals surface area contributed by atoms with Gasteiger partial charge in [0.25, 0.3) is 0 Å². The monoisotopic (exact) mass is 308 g/mol. The SMILES string of the molecule is Clc1cccc2nc(Br)c(Br)n12. The predicted molar refractivity (Wildman–Crippen MR) is 55.6 cm³/mol. The van der Waals surface area contributed by atoms with Crippen molar-refractivity contribution in [2.75, 3.05) is 0 Å². The van der Waals surface area contributed by atoms with E-state index in [1.807, 2.05) is 22.6 Å². The first-order valence-corrected chi connectivity index (χ1v) is 5.14. The largest absolute Gasteiger partial charge is 0.276 e. The molecule has 0 spiro atoms. The number of halogens is 3. The zero-order valence-corrected chi connectivity index (χ0v) is 9.69. The first-order valence-electron chi connectivity index (χ1n) is 3.18. The fraction of sp³-hybridized carbons (Fsp3) is 0. The van der Waals surface area contributed by atoms with E-state index in [1.165, 1.54) is 0 Å². The molecule has 0 N–H and O–H groups in total. The Morgan fingerprint density at radius 3 is 2.75 bits per heavy atom. The molecule has 0 aliphatic rings. The Morgan fingerprint density at radius 1 is 1.33 bits per heavy atom. The van der Waals surface area contributed by atoms with Gasteiger partial charge in [-0.3, -0.25) is 4.40 Å². The van der Waals surface area contributed by atoms with Crippen LogP contribution in [-0.4, -0.2) is 9.38 Å². The van der Waals surface area contributed by atoms with Crippen molar-refractivity contribution in [2.24, 2.45) is 0 Å². The Morgan fingerprint density at radius 2 is 2.08 bits per heavy atom. The Bertz CT molecular complexity index is 438. The maximum Gasteiger partial charge on any atom is 0.140 e. The number of hydrogen-bond acceptors (Lipinski definition) is 1. The van der Waals surface area contributed by atoms with Gasteiger partial charge < -0.3 is 0 Å². The molecule has 0 atom stereocenters. The van der Waals surface area contributed by atoms with Crippen LogP contribution in [0.5, 0.6) is 0 Å². The Hall–Kier alpha value is -0.0600. The van der Waals surface area contributed by atoms with E-state index in [4.69, 9.17) is 11.6 Å². The molecule has 0 saturated heterocycles. The van der Waals surface area contributed by atoms with Crippen LogP contribution in [0, 0.1) is 0 Å². The third kappa shape index (κ3) is 1.18. The van der Waals surface area contributed by atoms with Gasteiger partial charge >= 0.3 is 0 Å². The minimum absolute atomic E-state index is 0.637. The van der Waals surface area contributed by atoms with E-state index in [-0.39, 0.29) is 0 Å². The third-order valence-electron chi connectivity index (χ3n) is 1.50. The molecule has 5 heteroatoms. The van der Waals surface area contributed by atoms with E-state index < -0.39 is 0 Å². The molecule has 0 unspecified atom stereocenters. The summed E-state index contributed by atoms with van der Waals surface area (Å²) in [5, 5.41) is 0.637. The number of imidazole rings is 1. The molecular weight excluding hydrogens is 307 g/mol. The highest BCUT2D eigenvalue weighted by Crippen LogP contribution is 2.26. The molecule has 2 aromatic rings. The molecule has 0 radical (unpaired) electrons. The van der Waals surface area contributed by atoms with Gasteiger partial charge in [-0.05, 0) is 44.0 Å². The predicted octanol–water partition coefficient (Wildman–Crippen LogP) is 3.51. The average molecular weight is 310 g/mol. The minimum atomic E-state index is 0.637. The lowest BCUT2D eigenvalue weighted by Gasteiger charge is -1.96. The Labute approximate surface area is 90.8 Å². The van der Waals surface area contributed by atoms with Gasteiger partial charge in [0.05, 0.1) is 0 Å². The molecule has 0 bridgehead atoms. The first-order chi connectivity index (χ1) is 5.70. The number of aromatic nitrogens is 2. The van der Waals surface area contributed by atoms with Crippen LogP contribution < -0.4 is 0 Å². The number of hydrogen-bond donors (Lipinski definition) is 0. The highest BCUT2D eigenvalue weighted by molar-refractivity contribution is 9.13. The van der Waals surface area contributed by atoms with Crippen LogP contribution in [-0.2, 0) is 0 Å². The molecule has 0 aliphatic carbocycles. The van der Waals surface area contributed by atoms with Crippen molar-refractivity contribution in [3.63, 3.8) is 0 Å². The van der Waals surface area contributed by atoms with Gasteiger partial charge in [-0.15, -0.1) is 0 Å². The lowest BCUT2D eigenvalue weighted by atomic mass is 10.5. The molecule has 2 nitrogen and oxygen atoms in total. The third-order valence-corrected chi connectivity index (χ3v) is 3.61. The van der Waals surface area contributed by atoms with E-state index in [0.717, 1.165) is 14.9 Å². The maximum absolute atomic E-state index is 5.95. The second-order valence-corrected chi connectivity index (χ2v) is 4.13. The normalized spacial score (nSPS) is 10.9. The maximum atomic E-state index is 5.95. The van der Waals surface area contributed by atoms with Gasteiger partial charge in [-0.25, -0.2) is 4.98 Å². The summed E-state index contributed by atoms with van der Waals surface area (Å²) in [6, 6.07) is 5.57. The standard InChI is InChI=1S/C7H3Br2ClN2/c8-6-7(9)12-4(10)2-1-3-5(12)11-6/h1-3H. The summed E-state index contributed by atoms with van der Waals surface area (Å²) < 4.78 is 3.41. The summed E-state index contributed by atoms with van der Waals surface area (Å²) in [6.45, 7) is 0. The van der Waals surface area contributed by atoms with Crippen LogP contribution in [0.25, 0.3) is 5.65 Å². The van der Waals surface area contributed by atoms with E-state index in [2.05, 4.69) is 36.8 Å². The van der Waals surface area contributed by atoms with Gasteiger partial charge in [0, 0.05) is 0 Å². The van der Waals surface area contributed by atoms with Crippen LogP contribution in [0.4, 0.5) is 0 Å². The van der Waals surface area contributed by atoms with Gasteiger partial charge in [-0.1, -0.05) is 17.7 Å². The van der Waals surface area contributed by atoms with Crippen LogP contribution in [0.3, 0.4) is 0 Å². The van der Waals surface area contributed by atoms with Crippen LogP contribution in [0.2, 0.25) is 5.15 Å².